The Hall–Kier alpha value is -3.57. The fourth-order valence-corrected chi connectivity index (χ4v) is 2.40. The van der Waals surface area contributed by atoms with Crippen LogP contribution in [0.4, 0.5) is 13.2 Å². The minimum atomic E-state index is -4.55. The first-order valence-electron chi connectivity index (χ1n) is 7.39. The highest BCUT2D eigenvalue weighted by Crippen LogP contribution is 2.32. The third-order valence-electron chi connectivity index (χ3n) is 3.72. The van der Waals surface area contributed by atoms with E-state index >= 15 is 0 Å². The van der Waals surface area contributed by atoms with E-state index in [2.05, 4.69) is 15.1 Å². The Morgan fingerprint density at radius 2 is 2.04 bits per heavy atom. The van der Waals surface area contributed by atoms with Crippen molar-refractivity contribution in [2.75, 3.05) is 0 Å². The molecule has 3 rings (SSSR count). The second kappa shape index (κ2) is 6.30. The third kappa shape index (κ3) is 3.16. The van der Waals surface area contributed by atoms with Gasteiger partial charge in [-0.2, -0.15) is 18.2 Å². The third-order valence-corrected chi connectivity index (χ3v) is 3.72. The molecule has 0 aliphatic carbocycles. The van der Waals surface area contributed by atoms with E-state index in [1.54, 1.807) is 0 Å². The number of rotatable bonds is 2. The van der Waals surface area contributed by atoms with Crippen molar-refractivity contribution < 1.29 is 23.1 Å². The van der Waals surface area contributed by atoms with Gasteiger partial charge < -0.3 is 14.9 Å². The minimum Gasteiger partial charge on any atom is -0.426 e. The van der Waals surface area contributed by atoms with E-state index in [1.807, 2.05) is 0 Å². The Bertz CT molecular complexity index is 1170. The smallest absolute Gasteiger partial charge is 0.416 e. The Morgan fingerprint density at radius 1 is 1.33 bits per heavy atom. The molecule has 2 N–H and O–H groups in total. The van der Waals surface area contributed by atoms with E-state index in [1.165, 1.54) is 20.0 Å². The summed E-state index contributed by atoms with van der Waals surface area (Å²) in [5.41, 5.74) is -2.81. The summed E-state index contributed by atoms with van der Waals surface area (Å²) in [6, 6.07) is 3.80. The predicted octanol–water partition coefficient (Wildman–Crippen LogP) is 1.89. The van der Waals surface area contributed by atoms with Gasteiger partial charge in [-0.1, -0.05) is 11.2 Å². The molecule has 2 heterocycles. The number of aromatic amines is 1. The maximum Gasteiger partial charge on any atom is 0.416 e. The van der Waals surface area contributed by atoms with Crippen LogP contribution in [0.15, 0.2) is 39.0 Å². The molecule has 0 amide bonds. The number of benzene rings is 1. The van der Waals surface area contributed by atoms with E-state index < -0.39 is 23.0 Å². The molecule has 0 radical (unpaired) electrons. The molecule has 1 aromatic carbocycles. The van der Waals surface area contributed by atoms with Gasteiger partial charge in [0, 0.05) is 7.05 Å². The lowest BCUT2D eigenvalue weighted by Gasteiger charge is -2.08. The molecule has 27 heavy (non-hydrogen) atoms. The van der Waals surface area contributed by atoms with Gasteiger partial charge >= 0.3 is 17.9 Å². The first kappa shape index (κ1) is 18.2. The summed E-state index contributed by atoms with van der Waals surface area (Å²) in [5, 5.41) is 11.7. The van der Waals surface area contributed by atoms with Crippen LogP contribution < -0.4 is 16.0 Å². The number of aromatic nitrogens is 4. The van der Waals surface area contributed by atoms with Gasteiger partial charge in [0.25, 0.3) is 5.56 Å². The number of H-pyrrole nitrogens is 1. The summed E-state index contributed by atoms with van der Waals surface area (Å²) in [7, 11) is 1.32. The lowest BCUT2D eigenvalue weighted by molar-refractivity contribution is -0.137. The number of aryl methyl sites for hydroxylation is 1. The molecular weight excluding hydrogens is 371 g/mol. The summed E-state index contributed by atoms with van der Waals surface area (Å²) in [5.74, 6) is -0.431. The quantitative estimate of drug-likeness (QED) is 0.304. The van der Waals surface area contributed by atoms with Gasteiger partial charge in [-0.3, -0.25) is 9.36 Å². The van der Waals surface area contributed by atoms with Gasteiger partial charge in [0.2, 0.25) is 0 Å². The zero-order valence-corrected chi connectivity index (χ0v) is 13.9. The topological polar surface area (TPSA) is 114 Å². The van der Waals surface area contributed by atoms with Crippen LogP contribution in [-0.2, 0) is 13.2 Å². The van der Waals surface area contributed by atoms with Crippen molar-refractivity contribution in [2.24, 2.45) is 12.2 Å². The number of hydrogen-bond acceptors (Lipinski definition) is 6. The number of nitrogens with zero attached hydrogens (tertiary/aromatic N) is 4. The van der Waals surface area contributed by atoms with Gasteiger partial charge in [0.15, 0.2) is 17.0 Å². The van der Waals surface area contributed by atoms with Gasteiger partial charge in [0.05, 0.1) is 5.56 Å². The van der Waals surface area contributed by atoms with E-state index in [0.29, 0.717) is 4.57 Å². The second-order valence-corrected chi connectivity index (χ2v) is 5.50. The van der Waals surface area contributed by atoms with E-state index in [4.69, 9.17) is 9.94 Å². The molecule has 3 aromatic rings. The lowest BCUT2D eigenvalue weighted by atomic mass is 10.2. The zero-order valence-electron chi connectivity index (χ0n) is 13.9. The number of hydrogen-bond donors (Lipinski definition) is 2. The summed E-state index contributed by atoms with van der Waals surface area (Å²) >= 11 is 0. The SMILES string of the molecule is C/C(=N\O)n1c(=O)c2[nH]c(Oc3cccc(C(F)(F)F)c3)nc2n(C)c1=O. The number of halogens is 3. The van der Waals surface area contributed by atoms with Gasteiger partial charge in [0.1, 0.15) is 5.75 Å². The van der Waals surface area contributed by atoms with Gasteiger partial charge in [-0.15, -0.1) is 0 Å². The molecule has 0 bridgehead atoms. The molecule has 0 aliphatic rings. The fraction of sp³-hybridized carbons (Fsp3) is 0.200. The molecule has 12 heteroatoms. The molecule has 0 saturated heterocycles. The van der Waals surface area contributed by atoms with Crippen LogP contribution in [0.25, 0.3) is 11.2 Å². The van der Waals surface area contributed by atoms with Crippen molar-refractivity contribution >= 4 is 17.0 Å². The highest BCUT2D eigenvalue weighted by molar-refractivity contribution is 5.83. The first-order valence-corrected chi connectivity index (χ1v) is 7.39. The molecule has 0 fully saturated rings. The largest absolute Gasteiger partial charge is 0.426 e. The van der Waals surface area contributed by atoms with Crippen LogP contribution >= 0.6 is 0 Å². The van der Waals surface area contributed by atoms with Crippen molar-refractivity contribution in [1.29, 1.82) is 0 Å². The monoisotopic (exact) mass is 383 g/mol. The number of fused-ring (bicyclic) bond motifs is 1. The highest BCUT2D eigenvalue weighted by Gasteiger charge is 2.30. The lowest BCUT2D eigenvalue weighted by Crippen LogP contribution is -2.42. The number of ether oxygens (including phenoxy) is 1. The molecular formula is C15H12F3N5O4. The minimum absolute atomic E-state index is 0.0750. The van der Waals surface area contributed by atoms with Crippen LogP contribution in [0, 0.1) is 0 Å². The van der Waals surface area contributed by atoms with Crippen LogP contribution in [-0.4, -0.2) is 30.1 Å². The Morgan fingerprint density at radius 3 is 2.67 bits per heavy atom. The van der Waals surface area contributed by atoms with Crippen molar-refractivity contribution in [3.8, 4) is 11.8 Å². The Balaban J connectivity index is 2.11. The predicted molar refractivity (Wildman–Crippen MR) is 87.4 cm³/mol. The summed E-state index contributed by atoms with van der Waals surface area (Å²) in [4.78, 5) is 31.1. The van der Waals surface area contributed by atoms with Crippen LogP contribution in [0.5, 0.6) is 11.8 Å². The molecule has 0 spiro atoms. The molecule has 0 unspecified atom stereocenters. The zero-order chi connectivity index (χ0) is 19.9. The molecule has 9 nitrogen and oxygen atoms in total. The van der Waals surface area contributed by atoms with E-state index in [-0.39, 0.29) is 28.8 Å². The number of imidazole rings is 1. The number of nitrogens with one attached hydrogen (secondary N) is 1. The average molecular weight is 383 g/mol. The van der Waals surface area contributed by atoms with Crippen LogP contribution in [0.1, 0.15) is 12.5 Å². The number of oxime groups is 1. The van der Waals surface area contributed by atoms with Crippen molar-refractivity contribution in [3.63, 3.8) is 0 Å². The summed E-state index contributed by atoms with van der Waals surface area (Å²) < 4.78 is 45.2. The van der Waals surface area contributed by atoms with Crippen LogP contribution in [0.3, 0.4) is 0 Å². The number of alkyl halides is 3. The first-order chi connectivity index (χ1) is 12.6. The Kier molecular flexibility index (Phi) is 4.25. The van der Waals surface area contributed by atoms with Crippen molar-refractivity contribution in [1.82, 2.24) is 19.1 Å². The van der Waals surface area contributed by atoms with Crippen LogP contribution in [0.2, 0.25) is 0 Å². The standard InChI is InChI=1S/C15H12F3N5O4/c1-7(21-26)23-12(24)10-11(22(2)14(23)25)20-13(19-10)27-9-5-3-4-8(6-9)15(16,17)18/h3-6,26H,1-2H3,(H,19,20)/b21-7+. The maximum absolute atomic E-state index is 12.8. The van der Waals surface area contributed by atoms with E-state index in [0.717, 1.165) is 22.8 Å². The normalized spacial score (nSPS) is 12.6. The van der Waals surface area contributed by atoms with Crippen molar-refractivity contribution in [2.45, 2.75) is 13.1 Å². The Labute approximate surface area is 147 Å². The molecule has 0 aliphatic heterocycles. The van der Waals surface area contributed by atoms with E-state index in [9.17, 15) is 22.8 Å². The van der Waals surface area contributed by atoms with Gasteiger partial charge in [-0.25, -0.2) is 9.36 Å². The second-order valence-electron chi connectivity index (χ2n) is 5.50. The summed E-state index contributed by atoms with van der Waals surface area (Å²) in [6.07, 6.45) is -4.55. The van der Waals surface area contributed by atoms with Crippen molar-refractivity contribution in [3.05, 3.63) is 50.7 Å². The van der Waals surface area contributed by atoms with Gasteiger partial charge in [-0.05, 0) is 25.1 Å². The molecule has 142 valence electrons. The fourth-order valence-electron chi connectivity index (χ4n) is 2.40. The highest BCUT2D eigenvalue weighted by atomic mass is 19.4. The summed E-state index contributed by atoms with van der Waals surface area (Å²) in [6.45, 7) is 1.24. The average Bonchev–Trinajstić information content (AvgIpc) is 3.03. The molecule has 0 atom stereocenters. The maximum atomic E-state index is 12.8. The molecule has 0 saturated carbocycles. The molecule has 2 aromatic heterocycles.